The molecule has 2 heterocycles. The summed E-state index contributed by atoms with van der Waals surface area (Å²) in [6.07, 6.45) is 0. The molecule has 1 unspecified atom stereocenters. The maximum absolute atomic E-state index is 13.0. The second kappa shape index (κ2) is 7.50. The van der Waals surface area contributed by atoms with E-state index in [9.17, 15) is 14.9 Å². The van der Waals surface area contributed by atoms with Crippen LogP contribution in [0, 0.1) is 10.1 Å². The van der Waals surface area contributed by atoms with Crippen LogP contribution in [-0.2, 0) is 16.1 Å². The molecular weight excluding hydrogens is 376 g/mol. The van der Waals surface area contributed by atoms with Gasteiger partial charge >= 0.3 is 5.97 Å². The molecule has 1 aromatic heterocycles. The summed E-state index contributed by atoms with van der Waals surface area (Å²) >= 11 is 0. The maximum Gasteiger partial charge on any atom is 0.338 e. The highest BCUT2D eigenvalue weighted by molar-refractivity contribution is 5.92. The first-order valence-electron chi connectivity index (χ1n) is 8.75. The maximum atomic E-state index is 13.0. The summed E-state index contributed by atoms with van der Waals surface area (Å²) in [6.45, 7) is 1.85. The van der Waals surface area contributed by atoms with Crippen molar-refractivity contribution in [1.82, 2.24) is 20.2 Å². The zero-order valence-corrected chi connectivity index (χ0v) is 15.3. The first kappa shape index (κ1) is 18.3. The molecule has 10 heteroatoms. The molecule has 0 radical (unpaired) electrons. The third kappa shape index (κ3) is 3.55. The van der Waals surface area contributed by atoms with E-state index in [1.807, 2.05) is 30.3 Å². The summed E-state index contributed by atoms with van der Waals surface area (Å²) in [6, 6.07) is 14.6. The highest BCUT2D eigenvalue weighted by atomic mass is 16.6. The lowest BCUT2D eigenvalue weighted by Crippen LogP contribution is -2.29. The van der Waals surface area contributed by atoms with Crippen LogP contribution in [0.1, 0.15) is 24.1 Å². The van der Waals surface area contributed by atoms with Crippen LogP contribution in [0.5, 0.6) is 0 Å². The Morgan fingerprint density at radius 3 is 2.62 bits per heavy atom. The molecule has 0 spiro atoms. The molecule has 1 N–H and O–H groups in total. The second-order valence-electron chi connectivity index (χ2n) is 6.42. The topological polar surface area (TPSA) is 125 Å². The lowest BCUT2D eigenvalue weighted by Gasteiger charge is -2.27. The lowest BCUT2D eigenvalue weighted by atomic mass is 9.95. The van der Waals surface area contributed by atoms with Crippen molar-refractivity contribution in [2.75, 3.05) is 5.32 Å². The van der Waals surface area contributed by atoms with Crippen LogP contribution in [0.3, 0.4) is 0 Å². The van der Waals surface area contributed by atoms with Gasteiger partial charge in [-0.1, -0.05) is 35.4 Å². The monoisotopic (exact) mass is 392 g/mol. The number of nitrogens with zero attached hydrogens (tertiary/aromatic N) is 5. The first-order valence-corrected chi connectivity index (χ1v) is 8.75. The van der Waals surface area contributed by atoms with E-state index in [0.29, 0.717) is 22.8 Å². The molecule has 0 bridgehead atoms. The standard InChI is InChI=1S/C19H16N6O4/c1-12-16(18(26)29-11-13-5-3-2-4-6-13)17(24-19(20-12)21-22-23-24)14-7-9-15(10-8-14)25(27)28/h2-10,17H,11H2,1H3,(H,20,21,23). The van der Waals surface area contributed by atoms with Gasteiger partial charge in [0.25, 0.3) is 5.69 Å². The second-order valence-corrected chi connectivity index (χ2v) is 6.42. The number of carbonyl (C=O) groups is 1. The van der Waals surface area contributed by atoms with Gasteiger partial charge in [-0.3, -0.25) is 10.1 Å². The van der Waals surface area contributed by atoms with Crippen molar-refractivity contribution in [3.8, 4) is 0 Å². The van der Waals surface area contributed by atoms with Crippen molar-refractivity contribution in [2.45, 2.75) is 19.6 Å². The third-order valence-electron chi connectivity index (χ3n) is 4.57. The number of carbonyl (C=O) groups excluding carboxylic acids is 1. The fourth-order valence-electron chi connectivity index (χ4n) is 3.16. The minimum absolute atomic E-state index is 0.0477. The van der Waals surface area contributed by atoms with Gasteiger partial charge < -0.3 is 10.1 Å². The van der Waals surface area contributed by atoms with Crippen molar-refractivity contribution in [3.63, 3.8) is 0 Å². The van der Waals surface area contributed by atoms with E-state index in [0.717, 1.165) is 5.56 Å². The van der Waals surface area contributed by atoms with E-state index in [1.165, 1.54) is 16.8 Å². The number of fused-ring (bicyclic) bond motifs is 1. The minimum Gasteiger partial charge on any atom is -0.457 e. The molecule has 1 atom stereocenters. The minimum atomic E-state index is -0.676. The molecule has 10 nitrogen and oxygen atoms in total. The largest absolute Gasteiger partial charge is 0.457 e. The van der Waals surface area contributed by atoms with Crippen molar-refractivity contribution in [1.29, 1.82) is 0 Å². The Morgan fingerprint density at radius 1 is 1.21 bits per heavy atom. The highest BCUT2D eigenvalue weighted by Gasteiger charge is 2.35. The Bertz CT molecular complexity index is 1090. The van der Waals surface area contributed by atoms with Gasteiger partial charge in [0.2, 0.25) is 5.95 Å². The predicted octanol–water partition coefficient (Wildman–Crippen LogP) is 2.61. The molecule has 4 rings (SSSR count). The predicted molar refractivity (Wildman–Crippen MR) is 102 cm³/mol. The number of non-ortho nitro benzene ring substituents is 1. The number of nitro benzene ring substituents is 1. The average molecular weight is 392 g/mol. The molecule has 3 aromatic rings. The first-order chi connectivity index (χ1) is 14.0. The Hall–Kier alpha value is -4.08. The van der Waals surface area contributed by atoms with Gasteiger partial charge in [-0.25, -0.2) is 4.79 Å². The van der Waals surface area contributed by atoms with E-state index in [4.69, 9.17) is 4.74 Å². The van der Waals surface area contributed by atoms with Gasteiger partial charge in [-0.2, -0.15) is 4.68 Å². The summed E-state index contributed by atoms with van der Waals surface area (Å²) in [5.74, 6) is -0.159. The van der Waals surface area contributed by atoms with Crippen LogP contribution in [0.15, 0.2) is 65.9 Å². The summed E-state index contributed by atoms with van der Waals surface area (Å²) in [5, 5.41) is 25.5. The molecule has 0 aliphatic carbocycles. The zero-order valence-electron chi connectivity index (χ0n) is 15.3. The molecule has 0 fully saturated rings. The molecule has 146 valence electrons. The van der Waals surface area contributed by atoms with Crippen molar-refractivity contribution in [3.05, 3.63) is 87.1 Å². The zero-order chi connectivity index (χ0) is 20.4. The number of hydrogen-bond donors (Lipinski definition) is 1. The van der Waals surface area contributed by atoms with Crippen molar-refractivity contribution >= 4 is 17.6 Å². The Labute approximate surface area is 165 Å². The number of aromatic nitrogens is 4. The van der Waals surface area contributed by atoms with Crippen molar-refractivity contribution < 1.29 is 14.5 Å². The van der Waals surface area contributed by atoms with Crippen LogP contribution in [0.25, 0.3) is 0 Å². The molecule has 1 aliphatic rings. The summed E-state index contributed by atoms with van der Waals surface area (Å²) in [4.78, 5) is 23.4. The number of ether oxygens (including phenoxy) is 1. The molecule has 29 heavy (non-hydrogen) atoms. The molecule has 2 aromatic carbocycles. The molecule has 1 aliphatic heterocycles. The van der Waals surface area contributed by atoms with Crippen LogP contribution in [-0.4, -0.2) is 31.1 Å². The van der Waals surface area contributed by atoms with Gasteiger partial charge in [0.1, 0.15) is 12.6 Å². The smallest absolute Gasteiger partial charge is 0.338 e. The van der Waals surface area contributed by atoms with E-state index < -0.39 is 16.9 Å². The summed E-state index contributed by atoms with van der Waals surface area (Å²) < 4.78 is 6.97. The molecular formula is C19H16N6O4. The van der Waals surface area contributed by atoms with E-state index in [2.05, 4.69) is 20.8 Å². The fraction of sp³-hybridized carbons (Fsp3) is 0.158. The lowest BCUT2D eigenvalue weighted by molar-refractivity contribution is -0.384. The quantitative estimate of drug-likeness (QED) is 0.399. The fourth-order valence-corrected chi connectivity index (χ4v) is 3.16. The van der Waals surface area contributed by atoms with Gasteiger partial charge in [0, 0.05) is 17.8 Å². The number of nitro groups is 1. The average Bonchev–Trinajstić information content (AvgIpc) is 3.20. The highest BCUT2D eigenvalue weighted by Crippen LogP contribution is 2.35. The number of nitrogens with one attached hydrogen (secondary N) is 1. The molecule has 0 saturated heterocycles. The Morgan fingerprint density at radius 2 is 1.93 bits per heavy atom. The van der Waals surface area contributed by atoms with Gasteiger partial charge in [0.05, 0.1) is 10.5 Å². The number of benzene rings is 2. The van der Waals surface area contributed by atoms with Gasteiger partial charge in [-0.05, 0) is 40.6 Å². The SMILES string of the molecule is CC1=C(C(=O)OCc2ccccc2)C(c2ccc([N+](=O)[O-])cc2)n2nnnc2N1. The summed E-state index contributed by atoms with van der Waals surface area (Å²) in [7, 11) is 0. The van der Waals surface area contributed by atoms with Gasteiger partial charge in [0.15, 0.2) is 0 Å². The number of esters is 1. The summed E-state index contributed by atoms with van der Waals surface area (Å²) in [5.41, 5.74) is 2.31. The van der Waals surface area contributed by atoms with E-state index in [-0.39, 0.29) is 12.3 Å². The number of rotatable bonds is 5. The third-order valence-corrected chi connectivity index (χ3v) is 4.57. The van der Waals surface area contributed by atoms with Gasteiger partial charge in [-0.15, -0.1) is 0 Å². The molecule has 0 amide bonds. The normalized spacial score (nSPS) is 15.4. The number of allylic oxidation sites excluding steroid dienone is 1. The van der Waals surface area contributed by atoms with E-state index in [1.54, 1.807) is 19.1 Å². The van der Waals surface area contributed by atoms with Crippen LogP contribution < -0.4 is 5.32 Å². The van der Waals surface area contributed by atoms with Crippen molar-refractivity contribution in [2.24, 2.45) is 0 Å². The van der Waals surface area contributed by atoms with E-state index >= 15 is 0 Å². The number of tetrazole rings is 1. The van der Waals surface area contributed by atoms with Crippen LogP contribution in [0.4, 0.5) is 11.6 Å². The number of anilines is 1. The number of hydrogen-bond acceptors (Lipinski definition) is 8. The Balaban J connectivity index is 1.68. The van der Waals surface area contributed by atoms with Crippen LogP contribution in [0.2, 0.25) is 0 Å². The van der Waals surface area contributed by atoms with Crippen LogP contribution >= 0.6 is 0 Å². The Kier molecular flexibility index (Phi) is 4.73. The molecule has 0 saturated carbocycles.